The first-order chi connectivity index (χ1) is 13.5. The smallest absolute Gasteiger partial charge is 0.270 e. The molecule has 2 amide bonds. The molecule has 1 saturated carbocycles. The Balaban J connectivity index is 1.58. The standard InChI is InChI=1S/C22H24N4O2/c1-15-7-9-16(10-8-15)14-25(17-11-12-17)22(28)19-13-20(21(23)27)26(24-19)18-5-3-2-4-6-18/h2-10,17,20H,11-14H2,1H3,(H2,23,27)/t20-/m1/s1. The zero-order chi connectivity index (χ0) is 19.7. The van der Waals surface area contributed by atoms with Gasteiger partial charge in [-0.1, -0.05) is 48.0 Å². The molecule has 1 heterocycles. The summed E-state index contributed by atoms with van der Waals surface area (Å²) in [5, 5.41) is 6.08. The Hall–Kier alpha value is -3.15. The zero-order valence-corrected chi connectivity index (χ0v) is 15.9. The van der Waals surface area contributed by atoms with Crippen LogP contribution >= 0.6 is 0 Å². The molecule has 2 aromatic carbocycles. The largest absolute Gasteiger partial charge is 0.368 e. The summed E-state index contributed by atoms with van der Waals surface area (Å²) < 4.78 is 0. The van der Waals surface area contributed by atoms with Crippen molar-refractivity contribution < 1.29 is 9.59 Å². The third-order valence-electron chi connectivity index (χ3n) is 5.23. The van der Waals surface area contributed by atoms with Crippen LogP contribution in [0.15, 0.2) is 59.7 Å². The molecule has 0 bridgehead atoms. The Morgan fingerprint density at radius 2 is 1.79 bits per heavy atom. The first kappa shape index (κ1) is 18.2. The second-order valence-electron chi connectivity index (χ2n) is 7.50. The van der Waals surface area contributed by atoms with E-state index in [1.807, 2.05) is 42.2 Å². The van der Waals surface area contributed by atoms with Crippen LogP contribution in [0.4, 0.5) is 5.69 Å². The third kappa shape index (κ3) is 3.76. The normalized spacial score (nSPS) is 18.7. The molecule has 1 aliphatic heterocycles. The van der Waals surface area contributed by atoms with Crippen LogP contribution in [0.3, 0.4) is 0 Å². The van der Waals surface area contributed by atoms with E-state index in [1.54, 1.807) is 5.01 Å². The molecule has 6 nitrogen and oxygen atoms in total. The number of anilines is 1. The van der Waals surface area contributed by atoms with Gasteiger partial charge < -0.3 is 10.6 Å². The average Bonchev–Trinajstić information content (AvgIpc) is 3.44. The average molecular weight is 376 g/mol. The molecule has 1 fully saturated rings. The third-order valence-corrected chi connectivity index (χ3v) is 5.23. The maximum atomic E-state index is 13.3. The number of benzene rings is 2. The van der Waals surface area contributed by atoms with Gasteiger partial charge in [0.15, 0.2) is 0 Å². The highest BCUT2D eigenvalue weighted by molar-refractivity contribution is 6.40. The molecule has 1 atom stereocenters. The Bertz CT molecular complexity index is 904. The second kappa shape index (κ2) is 7.46. The van der Waals surface area contributed by atoms with Crippen molar-refractivity contribution in [1.29, 1.82) is 0 Å². The number of rotatable bonds is 6. The van der Waals surface area contributed by atoms with Gasteiger partial charge in [-0.2, -0.15) is 5.10 Å². The molecule has 4 rings (SSSR count). The van der Waals surface area contributed by atoms with E-state index in [-0.39, 0.29) is 18.4 Å². The zero-order valence-electron chi connectivity index (χ0n) is 15.9. The van der Waals surface area contributed by atoms with Gasteiger partial charge >= 0.3 is 0 Å². The van der Waals surface area contributed by atoms with E-state index >= 15 is 0 Å². The molecule has 0 saturated heterocycles. The van der Waals surface area contributed by atoms with Crippen LogP contribution in [0.2, 0.25) is 0 Å². The maximum Gasteiger partial charge on any atom is 0.270 e. The number of amides is 2. The number of primary amides is 1. The minimum Gasteiger partial charge on any atom is -0.368 e. The highest BCUT2D eigenvalue weighted by atomic mass is 16.2. The fraction of sp³-hybridized carbons (Fsp3) is 0.318. The van der Waals surface area contributed by atoms with Gasteiger partial charge in [-0.3, -0.25) is 14.6 Å². The summed E-state index contributed by atoms with van der Waals surface area (Å²) in [5.41, 5.74) is 9.03. The van der Waals surface area contributed by atoms with Gasteiger partial charge in [-0.25, -0.2) is 0 Å². The van der Waals surface area contributed by atoms with Gasteiger partial charge in [-0.15, -0.1) is 0 Å². The van der Waals surface area contributed by atoms with Crippen molar-refractivity contribution in [1.82, 2.24) is 4.90 Å². The summed E-state index contributed by atoms with van der Waals surface area (Å²) in [6.45, 7) is 2.60. The van der Waals surface area contributed by atoms with Crippen molar-refractivity contribution >= 4 is 23.2 Å². The van der Waals surface area contributed by atoms with Crippen molar-refractivity contribution in [2.24, 2.45) is 10.8 Å². The fourth-order valence-corrected chi connectivity index (χ4v) is 3.49. The SMILES string of the molecule is Cc1ccc(CN(C(=O)C2=NN(c3ccccc3)[C@@H](C(N)=O)C2)C2CC2)cc1. The number of hydrazone groups is 1. The summed E-state index contributed by atoms with van der Waals surface area (Å²) in [7, 11) is 0. The number of nitrogens with two attached hydrogens (primary N) is 1. The van der Waals surface area contributed by atoms with Crippen LogP contribution in [-0.2, 0) is 16.1 Å². The molecule has 28 heavy (non-hydrogen) atoms. The lowest BCUT2D eigenvalue weighted by atomic mass is 10.1. The molecular weight excluding hydrogens is 352 g/mol. The predicted octanol–water partition coefficient (Wildman–Crippen LogP) is 2.61. The van der Waals surface area contributed by atoms with Gasteiger partial charge in [-0.05, 0) is 37.5 Å². The van der Waals surface area contributed by atoms with Crippen molar-refractivity contribution in [2.45, 2.75) is 44.8 Å². The number of hydrogen-bond donors (Lipinski definition) is 1. The number of para-hydroxylation sites is 1. The van der Waals surface area contributed by atoms with E-state index in [2.05, 4.69) is 29.4 Å². The molecule has 2 aliphatic rings. The van der Waals surface area contributed by atoms with Gasteiger partial charge in [0.05, 0.1) is 5.69 Å². The van der Waals surface area contributed by atoms with Crippen LogP contribution in [0.25, 0.3) is 0 Å². The van der Waals surface area contributed by atoms with Crippen molar-refractivity contribution in [2.75, 3.05) is 5.01 Å². The van der Waals surface area contributed by atoms with Crippen LogP contribution < -0.4 is 10.7 Å². The van der Waals surface area contributed by atoms with Gasteiger partial charge in [0, 0.05) is 19.0 Å². The predicted molar refractivity (Wildman–Crippen MR) is 109 cm³/mol. The highest BCUT2D eigenvalue weighted by Crippen LogP contribution is 2.31. The minimum absolute atomic E-state index is 0.104. The van der Waals surface area contributed by atoms with Crippen LogP contribution in [-0.4, -0.2) is 34.5 Å². The monoisotopic (exact) mass is 376 g/mol. The van der Waals surface area contributed by atoms with Crippen LogP contribution in [0.5, 0.6) is 0 Å². The van der Waals surface area contributed by atoms with Gasteiger partial charge in [0.2, 0.25) is 5.91 Å². The quantitative estimate of drug-likeness (QED) is 0.842. The van der Waals surface area contributed by atoms with Crippen molar-refractivity contribution in [3.8, 4) is 0 Å². The second-order valence-corrected chi connectivity index (χ2v) is 7.50. The Labute approximate surface area is 164 Å². The maximum absolute atomic E-state index is 13.3. The van der Waals surface area contributed by atoms with E-state index in [0.29, 0.717) is 12.3 Å². The Morgan fingerprint density at radius 3 is 2.39 bits per heavy atom. The van der Waals surface area contributed by atoms with Gasteiger partial charge in [0.1, 0.15) is 11.8 Å². The van der Waals surface area contributed by atoms with E-state index in [0.717, 1.165) is 24.1 Å². The molecule has 0 spiro atoms. The molecule has 2 N–H and O–H groups in total. The van der Waals surface area contributed by atoms with Crippen LogP contribution in [0, 0.1) is 6.92 Å². The van der Waals surface area contributed by atoms with Crippen molar-refractivity contribution in [3.05, 3.63) is 65.7 Å². The van der Waals surface area contributed by atoms with Crippen LogP contribution in [0.1, 0.15) is 30.4 Å². The van der Waals surface area contributed by atoms with Crippen molar-refractivity contribution in [3.63, 3.8) is 0 Å². The molecule has 1 aliphatic carbocycles. The lowest BCUT2D eigenvalue weighted by Gasteiger charge is -2.22. The molecule has 0 aromatic heterocycles. The number of carbonyl (C=O) groups is 2. The number of nitrogens with zero attached hydrogens (tertiary/aromatic N) is 3. The molecule has 0 radical (unpaired) electrons. The Kier molecular flexibility index (Phi) is 4.86. The minimum atomic E-state index is -0.637. The fourth-order valence-electron chi connectivity index (χ4n) is 3.49. The van der Waals surface area contributed by atoms with E-state index in [1.165, 1.54) is 5.56 Å². The lowest BCUT2D eigenvalue weighted by Crippen LogP contribution is -2.40. The lowest BCUT2D eigenvalue weighted by molar-refractivity contribution is -0.125. The first-order valence-corrected chi connectivity index (χ1v) is 9.60. The summed E-state index contributed by atoms with van der Waals surface area (Å²) in [6.07, 6.45) is 2.25. The van der Waals surface area contributed by atoms with E-state index in [4.69, 9.17) is 5.73 Å². The molecule has 0 unspecified atom stereocenters. The molecule has 6 heteroatoms. The topological polar surface area (TPSA) is 79.0 Å². The molecular formula is C22H24N4O2. The summed E-state index contributed by atoms with van der Waals surface area (Å²) in [6, 6.07) is 17.2. The summed E-state index contributed by atoms with van der Waals surface area (Å²) in [4.78, 5) is 27.1. The summed E-state index contributed by atoms with van der Waals surface area (Å²) >= 11 is 0. The number of aryl methyl sites for hydroxylation is 1. The highest BCUT2D eigenvalue weighted by Gasteiger charge is 2.40. The Morgan fingerprint density at radius 1 is 1.11 bits per heavy atom. The number of carbonyl (C=O) groups excluding carboxylic acids is 2. The summed E-state index contributed by atoms with van der Waals surface area (Å²) in [5.74, 6) is -0.584. The van der Waals surface area contributed by atoms with E-state index in [9.17, 15) is 9.59 Å². The molecule has 144 valence electrons. The first-order valence-electron chi connectivity index (χ1n) is 9.60. The van der Waals surface area contributed by atoms with E-state index < -0.39 is 11.9 Å². The molecule has 2 aromatic rings. The van der Waals surface area contributed by atoms with Gasteiger partial charge in [0.25, 0.3) is 5.91 Å². The number of hydrogen-bond acceptors (Lipinski definition) is 4.